The van der Waals surface area contributed by atoms with Gasteiger partial charge >= 0.3 is 0 Å². The van der Waals surface area contributed by atoms with Gasteiger partial charge in [0.15, 0.2) is 0 Å². The fourth-order valence-electron chi connectivity index (χ4n) is 5.20. The van der Waals surface area contributed by atoms with Crippen LogP contribution in [0, 0.1) is 0 Å². The van der Waals surface area contributed by atoms with Crippen molar-refractivity contribution >= 4 is 36.4 Å². The highest BCUT2D eigenvalue weighted by Crippen LogP contribution is 2.50. The largest absolute Gasteiger partial charge is 0.364 e. The number of halogens is 2. The van der Waals surface area contributed by atoms with Crippen LogP contribution in [0.4, 0.5) is 5.69 Å². The Morgan fingerprint density at radius 3 is 2.28 bits per heavy atom. The molecule has 186 valence electrons. The molecule has 5 nitrogen and oxygen atoms in total. The molecule has 1 aromatic heterocycles. The molecule has 4 aromatic rings. The standard InChI is InChI=1S/C29H28N4O.2ClH/c34-28(29(13-14-29)25-9-5-2-6-10-25)33-16-15-32(20-26-18-30-21-31-26)27-12-11-23(17-24(27)19-33)22-7-3-1-4-8-22;;/h1-12,17-18,21H,13-16,19-20H2,(H,30,31);2*1H. The number of carbonyl (C=O) groups excluding carboxylic acids is 1. The maximum atomic E-state index is 13.9. The molecule has 2 heterocycles. The summed E-state index contributed by atoms with van der Waals surface area (Å²) in [6, 6.07) is 27.4. The van der Waals surface area contributed by atoms with E-state index >= 15 is 0 Å². The highest BCUT2D eigenvalue weighted by atomic mass is 35.5. The van der Waals surface area contributed by atoms with E-state index in [0.29, 0.717) is 13.1 Å². The molecule has 2 aliphatic rings. The molecule has 0 unspecified atom stereocenters. The fraction of sp³-hybridized carbons (Fsp3) is 0.241. The average molecular weight is 521 g/mol. The second-order valence-corrected chi connectivity index (χ2v) is 9.38. The number of fused-ring (bicyclic) bond motifs is 1. The Bertz CT molecular complexity index is 1290. The summed E-state index contributed by atoms with van der Waals surface area (Å²) in [7, 11) is 0. The molecule has 1 N–H and O–H groups in total. The van der Waals surface area contributed by atoms with Gasteiger partial charge in [-0.1, -0.05) is 66.7 Å². The second kappa shape index (κ2) is 10.8. The molecule has 1 fully saturated rings. The third kappa shape index (κ3) is 4.86. The van der Waals surface area contributed by atoms with E-state index in [1.807, 2.05) is 30.5 Å². The number of aromatic amines is 1. The van der Waals surface area contributed by atoms with Crippen LogP contribution in [0.3, 0.4) is 0 Å². The Hall–Kier alpha value is -3.28. The predicted octanol–water partition coefficient (Wildman–Crippen LogP) is 6.00. The van der Waals surface area contributed by atoms with E-state index in [9.17, 15) is 4.79 Å². The highest BCUT2D eigenvalue weighted by Gasteiger charge is 2.53. The summed E-state index contributed by atoms with van der Waals surface area (Å²) in [5.74, 6) is 0.262. The van der Waals surface area contributed by atoms with Crippen LogP contribution >= 0.6 is 24.8 Å². The molecule has 1 saturated carbocycles. The van der Waals surface area contributed by atoms with E-state index in [2.05, 4.69) is 74.4 Å². The Balaban J connectivity index is 0.00000152. The summed E-state index contributed by atoms with van der Waals surface area (Å²) < 4.78 is 0. The summed E-state index contributed by atoms with van der Waals surface area (Å²) >= 11 is 0. The first kappa shape index (κ1) is 25.8. The first-order chi connectivity index (χ1) is 16.7. The SMILES string of the molecule is Cl.Cl.O=C(N1CCN(Cc2cnc[nH]2)c2ccc(-c3ccccc3)cc2C1)C1(c2ccccc2)CC1. The maximum Gasteiger partial charge on any atom is 0.233 e. The molecule has 7 heteroatoms. The summed E-state index contributed by atoms with van der Waals surface area (Å²) in [5.41, 5.74) is 6.62. The lowest BCUT2D eigenvalue weighted by molar-refractivity contribution is -0.134. The Labute approximate surface area is 224 Å². The normalized spacial score (nSPS) is 15.7. The van der Waals surface area contributed by atoms with E-state index < -0.39 is 0 Å². The van der Waals surface area contributed by atoms with Crippen LogP contribution in [-0.2, 0) is 23.3 Å². The van der Waals surface area contributed by atoms with Crippen LogP contribution in [0.1, 0.15) is 29.7 Å². The molecule has 6 rings (SSSR count). The first-order valence-corrected chi connectivity index (χ1v) is 12.0. The number of hydrogen-bond acceptors (Lipinski definition) is 3. The van der Waals surface area contributed by atoms with Crippen molar-refractivity contribution in [3.8, 4) is 11.1 Å². The summed E-state index contributed by atoms with van der Waals surface area (Å²) in [5, 5.41) is 0. The number of aromatic nitrogens is 2. The second-order valence-electron chi connectivity index (χ2n) is 9.38. The average Bonchev–Trinajstić information content (AvgIpc) is 3.59. The van der Waals surface area contributed by atoms with Crippen molar-refractivity contribution in [1.82, 2.24) is 14.9 Å². The maximum absolute atomic E-state index is 13.9. The number of nitrogens with zero attached hydrogens (tertiary/aromatic N) is 3. The molecule has 0 saturated heterocycles. The fourth-order valence-corrected chi connectivity index (χ4v) is 5.20. The van der Waals surface area contributed by atoms with E-state index in [-0.39, 0.29) is 36.1 Å². The molecular weight excluding hydrogens is 491 g/mol. The number of nitrogens with one attached hydrogen (secondary N) is 1. The van der Waals surface area contributed by atoms with Crippen LogP contribution in [0.2, 0.25) is 0 Å². The van der Waals surface area contributed by atoms with Crippen molar-refractivity contribution in [1.29, 1.82) is 0 Å². The summed E-state index contributed by atoms with van der Waals surface area (Å²) in [4.78, 5) is 25.8. The van der Waals surface area contributed by atoms with Crippen LogP contribution in [0.25, 0.3) is 11.1 Å². The number of benzene rings is 3. The Morgan fingerprint density at radius 1 is 0.889 bits per heavy atom. The molecule has 1 amide bonds. The number of amides is 1. The van der Waals surface area contributed by atoms with Crippen molar-refractivity contribution in [2.45, 2.75) is 31.3 Å². The highest BCUT2D eigenvalue weighted by molar-refractivity contribution is 5.91. The molecule has 1 aliphatic heterocycles. The molecule has 36 heavy (non-hydrogen) atoms. The topological polar surface area (TPSA) is 52.2 Å². The minimum atomic E-state index is -0.350. The summed E-state index contributed by atoms with van der Waals surface area (Å²) in [6.07, 6.45) is 5.46. The summed E-state index contributed by atoms with van der Waals surface area (Å²) in [6.45, 7) is 2.86. The van der Waals surface area contributed by atoms with Crippen molar-refractivity contribution in [3.63, 3.8) is 0 Å². The van der Waals surface area contributed by atoms with Crippen molar-refractivity contribution < 1.29 is 4.79 Å². The first-order valence-electron chi connectivity index (χ1n) is 12.0. The van der Waals surface area contributed by atoms with Gasteiger partial charge < -0.3 is 14.8 Å². The van der Waals surface area contributed by atoms with Gasteiger partial charge in [0.05, 0.1) is 24.0 Å². The molecular formula is C29H30Cl2N4O. The van der Waals surface area contributed by atoms with E-state index in [1.165, 1.54) is 22.4 Å². The van der Waals surface area contributed by atoms with Gasteiger partial charge in [-0.25, -0.2) is 4.98 Å². The van der Waals surface area contributed by atoms with Gasteiger partial charge in [-0.3, -0.25) is 4.79 Å². The third-order valence-electron chi connectivity index (χ3n) is 7.22. The Morgan fingerprint density at radius 2 is 1.61 bits per heavy atom. The number of rotatable bonds is 5. The van der Waals surface area contributed by atoms with E-state index in [1.54, 1.807) is 6.33 Å². The van der Waals surface area contributed by atoms with Crippen LogP contribution in [0.15, 0.2) is 91.4 Å². The van der Waals surface area contributed by atoms with Gasteiger partial charge in [0, 0.05) is 31.5 Å². The zero-order valence-corrected chi connectivity index (χ0v) is 21.6. The van der Waals surface area contributed by atoms with Gasteiger partial charge in [-0.2, -0.15) is 0 Å². The van der Waals surface area contributed by atoms with Gasteiger partial charge in [-0.05, 0) is 47.2 Å². The third-order valence-corrected chi connectivity index (χ3v) is 7.22. The van der Waals surface area contributed by atoms with Gasteiger partial charge in [0.25, 0.3) is 0 Å². The van der Waals surface area contributed by atoms with Crippen LogP contribution < -0.4 is 4.90 Å². The quantitative estimate of drug-likeness (QED) is 0.351. The number of imidazole rings is 1. The molecule has 0 bridgehead atoms. The van der Waals surface area contributed by atoms with E-state index in [0.717, 1.165) is 37.2 Å². The minimum absolute atomic E-state index is 0. The predicted molar refractivity (Wildman–Crippen MR) is 149 cm³/mol. The van der Waals surface area contributed by atoms with Crippen LogP contribution in [0.5, 0.6) is 0 Å². The molecule has 0 atom stereocenters. The van der Waals surface area contributed by atoms with Crippen LogP contribution in [-0.4, -0.2) is 33.9 Å². The monoisotopic (exact) mass is 520 g/mol. The zero-order valence-electron chi connectivity index (χ0n) is 20.0. The van der Waals surface area contributed by atoms with Gasteiger partial charge in [0.2, 0.25) is 5.91 Å². The number of hydrogen-bond donors (Lipinski definition) is 1. The molecule has 1 aliphatic carbocycles. The lowest BCUT2D eigenvalue weighted by Crippen LogP contribution is -2.41. The zero-order chi connectivity index (χ0) is 23.0. The van der Waals surface area contributed by atoms with E-state index in [4.69, 9.17) is 0 Å². The smallest absolute Gasteiger partial charge is 0.233 e. The minimum Gasteiger partial charge on any atom is -0.364 e. The number of anilines is 1. The number of H-pyrrole nitrogens is 1. The molecule has 0 spiro atoms. The number of carbonyl (C=O) groups is 1. The molecule has 0 radical (unpaired) electrons. The van der Waals surface area contributed by atoms with Crippen molar-refractivity contribution in [3.05, 3.63) is 108 Å². The lowest BCUT2D eigenvalue weighted by atomic mass is 9.94. The lowest BCUT2D eigenvalue weighted by Gasteiger charge is -2.27. The van der Waals surface area contributed by atoms with Gasteiger partial charge in [-0.15, -0.1) is 24.8 Å². The van der Waals surface area contributed by atoms with Gasteiger partial charge in [0.1, 0.15) is 0 Å². The van der Waals surface area contributed by atoms with Crippen molar-refractivity contribution in [2.75, 3.05) is 18.0 Å². The van der Waals surface area contributed by atoms with Crippen molar-refractivity contribution in [2.24, 2.45) is 0 Å². The molecule has 3 aromatic carbocycles. The Kier molecular flexibility index (Phi) is 7.72.